The average Bonchev–Trinajstić information content (AvgIpc) is 3.15. The number of hydrogen-bond donors (Lipinski definition) is 2. The number of nitrogens with one attached hydrogen (secondary N) is 2. The van der Waals surface area contributed by atoms with E-state index in [1.807, 2.05) is 18.2 Å². The standard InChI is InChI=1S/C18H23N3O5/c1-2-5-19-17(22)18(23)20-11-14(21-6-8-24-9-7-21)13-3-4-15-16(10-13)26-12-25-15/h2-4,10,14H,1,5-9,11-12H2,(H,19,22)(H,20,23)/t14-/m1/s1. The van der Waals surface area contributed by atoms with Crippen molar-refractivity contribution in [1.29, 1.82) is 0 Å². The Labute approximate surface area is 152 Å². The second-order valence-electron chi connectivity index (χ2n) is 5.99. The molecule has 8 heteroatoms. The number of fused-ring (bicyclic) bond motifs is 1. The van der Waals surface area contributed by atoms with Crippen LogP contribution in [0.2, 0.25) is 0 Å². The highest BCUT2D eigenvalue weighted by Gasteiger charge is 2.26. The van der Waals surface area contributed by atoms with Gasteiger partial charge < -0.3 is 24.8 Å². The Morgan fingerprint density at radius 2 is 1.88 bits per heavy atom. The lowest BCUT2D eigenvalue weighted by molar-refractivity contribution is -0.139. The summed E-state index contributed by atoms with van der Waals surface area (Å²) in [5.74, 6) is 0.0697. The van der Waals surface area contributed by atoms with Crippen molar-refractivity contribution in [3.8, 4) is 11.5 Å². The van der Waals surface area contributed by atoms with Gasteiger partial charge in [-0.25, -0.2) is 0 Å². The molecule has 2 amide bonds. The molecule has 1 aromatic carbocycles. The fourth-order valence-corrected chi connectivity index (χ4v) is 2.98. The van der Waals surface area contributed by atoms with Crippen LogP contribution in [0.15, 0.2) is 30.9 Å². The van der Waals surface area contributed by atoms with Crippen LogP contribution >= 0.6 is 0 Å². The van der Waals surface area contributed by atoms with E-state index in [0.29, 0.717) is 31.3 Å². The fourth-order valence-electron chi connectivity index (χ4n) is 2.98. The minimum atomic E-state index is -0.670. The minimum absolute atomic E-state index is 0.0930. The first-order valence-electron chi connectivity index (χ1n) is 8.57. The zero-order chi connectivity index (χ0) is 18.4. The summed E-state index contributed by atoms with van der Waals surface area (Å²) in [5.41, 5.74) is 0.989. The Bertz CT molecular complexity index is 673. The molecule has 1 fully saturated rings. The van der Waals surface area contributed by atoms with Gasteiger partial charge in [-0.2, -0.15) is 0 Å². The molecule has 3 rings (SSSR count). The van der Waals surface area contributed by atoms with Crippen LogP contribution in [0.5, 0.6) is 11.5 Å². The van der Waals surface area contributed by atoms with Gasteiger partial charge in [0.1, 0.15) is 0 Å². The molecule has 0 radical (unpaired) electrons. The van der Waals surface area contributed by atoms with Crippen LogP contribution in [0.4, 0.5) is 0 Å². The summed E-state index contributed by atoms with van der Waals surface area (Å²) in [6.07, 6.45) is 1.52. The highest BCUT2D eigenvalue weighted by molar-refractivity contribution is 6.35. The summed E-state index contributed by atoms with van der Waals surface area (Å²) >= 11 is 0. The molecule has 1 atom stereocenters. The van der Waals surface area contributed by atoms with Gasteiger partial charge in [-0.3, -0.25) is 14.5 Å². The van der Waals surface area contributed by atoms with Crippen molar-refractivity contribution >= 4 is 11.8 Å². The molecule has 0 spiro atoms. The summed E-state index contributed by atoms with van der Waals surface area (Å²) in [5, 5.41) is 5.19. The van der Waals surface area contributed by atoms with Gasteiger partial charge in [0.2, 0.25) is 6.79 Å². The van der Waals surface area contributed by atoms with E-state index in [-0.39, 0.29) is 19.4 Å². The molecule has 2 N–H and O–H groups in total. The molecule has 0 aliphatic carbocycles. The Balaban J connectivity index is 1.70. The predicted octanol–water partition coefficient (Wildman–Crippen LogP) is 0.207. The van der Waals surface area contributed by atoms with Crippen molar-refractivity contribution in [3.05, 3.63) is 36.4 Å². The van der Waals surface area contributed by atoms with Crippen LogP contribution in [0.25, 0.3) is 0 Å². The van der Waals surface area contributed by atoms with E-state index in [1.54, 1.807) is 0 Å². The summed E-state index contributed by atoms with van der Waals surface area (Å²) < 4.78 is 16.2. The number of morpholine rings is 1. The van der Waals surface area contributed by atoms with Crippen LogP contribution < -0.4 is 20.1 Å². The first kappa shape index (κ1) is 18.2. The lowest BCUT2D eigenvalue weighted by atomic mass is 10.0. The largest absolute Gasteiger partial charge is 0.454 e. The number of rotatable bonds is 6. The summed E-state index contributed by atoms with van der Waals surface area (Å²) in [4.78, 5) is 26.0. The van der Waals surface area contributed by atoms with Crippen LogP contribution in [0.3, 0.4) is 0 Å². The number of carbonyl (C=O) groups excluding carboxylic acids is 2. The van der Waals surface area contributed by atoms with E-state index in [4.69, 9.17) is 14.2 Å². The van der Waals surface area contributed by atoms with Gasteiger partial charge in [-0.05, 0) is 17.7 Å². The molecule has 26 heavy (non-hydrogen) atoms. The third kappa shape index (κ3) is 4.33. The SMILES string of the molecule is C=CCNC(=O)C(=O)NC[C@H](c1ccc2c(c1)OCO2)N1CCOCC1. The first-order chi connectivity index (χ1) is 12.7. The number of carbonyl (C=O) groups is 2. The summed E-state index contributed by atoms with van der Waals surface area (Å²) in [7, 11) is 0. The molecule has 2 heterocycles. The normalized spacial score (nSPS) is 17.4. The van der Waals surface area contributed by atoms with Crippen molar-refractivity contribution in [3.63, 3.8) is 0 Å². The van der Waals surface area contributed by atoms with E-state index in [9.17, 15) is 9.59 Å². The molecular weight excluding hydrogens is 338 g/mol. The summed E-state index contributed by atoms with van der Waals surface area (Å²) in [6.45, 7) is 7.04. The Kier molecular flexibility index (Phi) is 6.08. The van der Waals surface area contributed by atoms with Crippen LogP contribution in [0.1, 0.15) is 11.6 Å². The molecule has 140 valence electrons. The Hall–Kier alpha value is -2.58. The predicted molar refractivity (Wildman–Crippen MR) is 93.9 cm³/mol. The molecule has 2 aliphatic heterocycles. The summed E-state index contributed by atoms with van der Waals surface area (Å²) in [6, 6.07) is 5.65. The van der Waals surface area contributed by atoms with E-state index >= 15 is 0 Å². The highest BCUT2D eigenvalue weighted by atomic mass is 16.7. The monoisotopic (exact) mass is 361 g/mol. The lowest BCUT2D eigenvalue weighted by Gasteiger charge is -2.34. The van der Waals surface area contributed by atoms with Crippen LogP contribution in [0, 0.1) is 0 Å². The van der Waals surface area contributed by atoms with Gasteiger partial charge in [0, 0.05) is 26.2 Å². The number of benzene rings is 1. The van der Waals surface area contributed by atoms with Crippen molar-refractivity contribution in [2.75, 3.05) is 46.2 Å². The maximum atomic E-state index is 12.0. The Morgan fingerprint density at radius 3 is 2.65 bits per heavy atom. The van der Waals surface area contributed by atoms with Gasteiger partial charge in [0.05, 0.1) is 19.3 Å². The van der Waals surface area contributed by atoms with Gasteiger partial charge in [-0.15, -0.1) is 6.58 Å². The van der Waals surface area contributed by atoms with Gasteiger partial charge in [0.25, 0.3) is 0 Å². The second kappa shape index (κ2) is 8.68. The Morgan fingerprint density at radius 1 is 1.15 bits per heavy atom. The van der Waals surface area contributed by atoms with E-state index in [0.717, 1.165) is 18.7 Å². The molecule has 8 nitrogen and oxygen atoms in total. The lowest BCUT2D eigenvalue weighted by Crippen LogP contribution is -2.46. The third-order valence-corrected chi connectivity index (χ3v) is 4.34. The van der Waals surface area contributed by atoms with Crippen molar-refractivity contribution in [2.45, 2.75) is 6.04 Å². The topological polar surface area (TPSA) is 89.1 Å². The number of ether oxygens (including phenoxy) is 3. The van der Waals surface area contributed by atoms with Crippen LogP contribution in [-0.2, 0) is 14.3 Å². The molecular formula is C18H23N3O5. The van der Waals surface area contributed by atoms with E-state index < -0.39 is 11.8 Å². The van der Waals surface area contributed by atoms with E-state index in [1.165, 1.54) is 6.08 Å². The first-order valence-corrected chi connectivity index (χ1v) is 8.57. The van der Waals surface area contributed by atoms with Gasteiger partial charge in [-0.1, -0.05) is 12.1 Å². The number of nitrogens with zero attached hydrogens (tertiary/aromatic N) is 1. The minimum Gasteiger partial charge on any atom is -0.454 e. The maximum Gasteiger partial charge on any atom is 0.309 e. The second-order valence-corrected chi connectivity index (χ2v) is 5.99. The molecule has 0 unspecified atom stereocenters. The van der Waals surface area contributed by atoms with Crippen LogP contribution in [-0.4, -0.2) is 62.9 Å². The molecule has 1 saturated heterocycles. The van der Waals surface area contributed by atoms with Gasteiger partial charge >= 0.3 is 11.8 Å². The molecule has 2 aliphatic rings. The quantitative estimate of drug-likeness (QED) is 0.556. The number of amides is 2. The third-order valence-electron chi connectivity index (χ3n) is 4.34. The average molecular weight is 361 g/mol. The fraction of sp³-hybridized carbons (Fsp3) is 0.444. The van der Waals surface area contributed by atoms with Crippen molar-refractivity contribution in [1.82, 2.24) is 15.5 Å². The van der Waals surface area contributed by atoms with Crippen molar-refractivity contribution in [2.24, 2.45) is 0 Å². The molecule has 0 bridgehead atoms. The van der Waals surface area contributed by atoms with E-state index in [2.05, 4.69) is 22.1 Å². The maximum absolute atomic E-state index is 12.0. The zero-order valence-electron chi connectivity index (χ0n) is 14.5. The molecule has 1 aromatic rings. The smallest absolute Gasteiger partial charge is 0.309 e. The van der Waals surface area contributed by atoms with Gasteiger partial charge in [0.15, 0.2) is 11.5 Å². The van der Waals surface area contributed by atoms with Crippen molar-refractivity contribution < 1.29 is 23.8 Å². The number of hydrogen-bond acceptors (Lipinski definition) is 6. The zero-order valence-corrected chi connectivity index (χ0v) is 14.5. The molecule has 0 saturated carbocycles. The molecule has 0 aromatic heterocycles. The highest BCUT2D eigenvalue weighted by Crippen LogP contribution is 2.35.